The van der Waals surface area contributed by atoms with Gasteiger partial charge in [0, 0.05) is 18.2 Å². The van der Waals surface area contributed by atoms with Crippen LogP contribution in [0.3, 0.4) is 0 Å². The fourth-order valence-corrected chi connectivity index (χ4v) is 2.50. The zero-order chi connectivity index (χ0) is 16.8. The van der Waals surface area contributed by atoms with Gasteiger partial charge in [-0.1, -0.05) is 52.8 Å². The first-order valence-electron chi connectivity index (χ1n) is 8.33. The predicted octanol–water partition coefficient (Wildman–Crippen LogP) is 4.17. The quantitative estimate of drug-likeness (QED) is 0.743. The molecule has 22 heavy (non-hydrogen) atoms. The summed E-state index contributed by atoms with van der Waals surface area (Å²) >= 11 is 0. The Bertz CT molecular complexity index is 475. The molecule has 0 aliphatic carbocycles. The van der Waals surface area contributed by atoms with Crippen LogP contribution >= 0.6 is 0 Å². The van der Waals surface area contributed by atoms with Crippen molar-refractivity contribution in [2.24, 2.45) is 11.3 Å². The first-order valence-corrected chi connectivity index (χ1v) is 8.33. The Balaban J connectivity index is 2.54. The smallest absolute Gasteiger partial charge is 0.220 e. The molecule has 1 amide bonds. The van der Waals surface area contributed by atoms with Crippen LogP contribution in [0.4, 0.5) is 5.69 Å². The Morgan fingerprint density at radius 2 is 1.82 bits per heavy atom. The standard InChI is InChI=1S/C19H32N2O/c1-14(2)10-12-17(19(3,4)5)21-18(22)13-11-15-8-6-7-9-16(15)20/h6-9,14,17H,10-13,20H2,1-5H3,(H,21,22). The van der Waals surface area contributed by atoms with E-state index >= 15 is 0 Å². The fourth-order valence-electron chi connectivity index (χ4n) is 2.50. The number of nitrogens with two attached hydrogens (primary N) is 1. The van der Waals surface area contributed by atoms with Crippen molar-refractivity contribution in [2.45, 2.75) is 66.3 Å². The van der Waals surface area contributed by atoms with E-state index in [-0.39, 0.29) is 17.4 Å². The zero-order valence-corrected chi connectivity index (χ0v) is 14.8. The number of hydrogen-bond acceptors (Lipinski definition) is 2. The number of carbonyl (C=O) groups excluding carboxylic acids is 1. The van der Waals surface area contributed by atoms with Crippen LogP contribution in [-0.2, 0) is 11.2 Å². The van der Waals surface area contributed by atoms with E-state index in [4.69, 9.17) is 5.73 Å². The van der Waals surface area contributed by atoms with Gasteiger partial charge in [-0.15, -0.1) is 0 Å². The van der Waals surface area contributed by atoms with E-state index in [9.17, 15) is 4.79 Å². The summed E-state index contributed by atoms with van der Waals surface area (Å²) in [5.41, 5.74) is 7.82. The molecule has 1 aromatic rings. The number of hydrogen-bond donors (Lipinski definition) is 2. The van der Waals surface area contributed by atoms with Gasteiger partial charge in [-0.3, -0.25) is 4.79 Å². The highest BCUT2D eigenvalue weighted by Gasteiger charge is 2.25. The normalized spacial score (nSPS) is 13.2. The lowest BCUT2D eigenvalue weighted by molar-refractivity contribution is -0.122. The lowest BCUT2D eigenvalue weighted by Crippen LogP contribution is -2.44. The van der Waals surface area contributed by atoms with Crippen molar-refractivity contribution in [1.29, 1.82) is 0 Å². The van der Waals surface area contributed by atoms with E-state index in [2.05, 4.69) is 39.9 Å². The molecule has 124 valence electrons. The number of rotatable bonds is 7. The molecule has 3 heteroatoms. The largest absolute Gasteiger partial charge is 0.399 e. The molecule has 0 bridgehead atoms. The first-order chi connectivity index (χ1) is 10.2. The van der Waals surface area contributed by atoms with Crippen molar-refractivity contribution in [3.63, 3.8) is 0 Å². The van der Waals surface area contributed by atoms with Crippen molar-refractivity contribution in [1.82, 2.24) is 5.32 Å². The van der Waals surface area contributed by atoms with Crippen molar-refractivity contribution in [2.75, 3.05) is 5.73 Å². The number of anilines is 1. The lowest BCUT2D eigenvalue weighted by atomic mass is 9.82. The van der Waals surface area contributed by atoms with Crippen LogP contribution in [0.2, 0.25) is 0 Å². The van der Waals surface area contributed by atoms with E-state index in [0.717, 1.165) is 24.1 Å². The van der Waals surface area contributed by atoms with Crippen LogP contribution in [-0.4, -0.2) is 11.9 Å². The van der Waals surface area contributed by atoms with E-state index in [1.807, 2.05) is 24.3 Å². The molecule has 0 spiro atoms. The maximum atomic E-state index is 12.3. The Labute approximate surface area is 135 Å². The van der Waals surface area contributed by atoms with Crippen LogP contribution in [0.5, 0.6) is 0 Å². The lowest BCUT2D eigenvalue weighted by Gasteiger charge is -2.32. The molecule has 0 saturated carbocycles. The summed E-state index contributed by atoms with van der Waals surface area (Å²) in [6.45, 7) is 11.0. The molecule has 0 aromatic heterocycles. The first kappa shape index (κ1) is 18.5. The maximum Gasteiger partial charge on any atom is 0.220 e. The van der Waals surface area contributed by atoms with E-state index in [0.29, 0.717) is 18.8 Å². The molecule has 0 aliphatic heterocycles. The predicted molar refractivity (Wildman–Crippen MR) is 94.6 cm³/mol. The molecule has 0 fully saturated rings. The van der Waals surface area contributed by atoms with E-state index in [1.165, 1.54) is 0 Å². The molecule has 1 atom stereocenters. The fraction of sp³-hybridized carbons (Fsp3) is 0.632. The van der Waals surface area contributed by atoms with Crippen LogP contribution in [0.15, 0.2) is 24.3 Å². The Hall–Kier alpha value is -1.51. The van der Waals surface area contributed by atoms with Crippen LogP contribution < -0.4 is 11.1 Å². The van der Waals surface area contributed by atoms with E-state index < -0.39 is 0 Å². The third kappa shape index (κ3) is 6.50. The topological polar surface area (TPSA) is 55.1 Å². The van der Waals surface area contributed by atoms with Crippen molar-refractivity contribution >= 4 is 11.6 Å². The summed E-state index contributed by atoms with van der Waals surface area (Å²) in [5, 5.41) is 3.22. The highest BCUT2D eigenvalue weighted by atomic mass is 16.1. The minimum absolute atomic E-state index is 0.0797. The number of aryl methyl sites for hydroxylation is 1. The highest BCUT2D eigenvalue weighted by Crippen LogP contribution is 2.24. The van der Waals surface area contributed by atoms with Gasteiger partial charge in [-0.25, -0.2) is 0 Å². The van der Waals surface area contributed by atoms with Gasteiger partial charge in [0.15, 0.2) is 0 Å². The molecule has 3 nitrogen and oxygen atoms in total. The number of para-hydroxylation sites is 1. The average Bonchev–Trinajstić information content (AvgIpc) is 2.41. The summed E-state index contributed by atoms with van der Waals surface area (Å²) in [6.07, 6.45) is 3.34. The SMILES string of the molecule is CC(C)CCC(NC(=O)CCc1ccccc1N)C(C)(C)C. The molecule has 0 heterocycles. The molecule has 3 N–H and O–H groups in total. The number of carbonyl (C=O) groups is 1. The van der Waals surface area contributed by atoms with Gasteiger partial charge < -0.3 is 11.1 Å². The van der Waals surface area contributed by atoms with Crippen molar-refractivity contribution in [3.8, 4) is 0 Å². The van der Waals surface area contributed by atoms with Gasteiger partial charge in [0.1, 0.15) is 0 Å². The second-order valence-corrected chi connectivity index (χ2v) is 7.66. The molecule has 0 saturated heterocycles. The van der Waals surface area contributed by atoms with Crippen LogP contribution in [0.1, 0.15) is 59.4 Å². The second-order valence-electron chi connectivity index (χ2n) is 7.66. The third-order valence-corrected chi connectivity index (χ3v) is 4.09. The second kappa shape index (κ2) is 8.21. The molecular formula is C19H32N2O. The number of amides is 1. The van der Waals surface area contributed by atoms with Gasteiger partial charge in [0.05, 0.1) is 0 Å². The highest BCUT2D eigenvalue weighted by molar-refractivity contribution is 5.76. The van der Waals surface area contributed by atoms with E-state index in [1.54, 1.807) is 0 Å². The summed E-state index contributed by atoms with van der Waals surface area (Å²) < 4.78 is 0. The Morgan fingerprint density at radius 1 is 1.18 bits per heavy atom. The van der Waals surface area contributed by atoms with Crippen molar-refractivity contribution in [3.05, 3.63) is 29.8 Å². The monoisotopic (exact) mass is 304 g/mol. The van der Waals surface area contributed by atoms with Crippen molar-refractivity contribution < 1.29 is 4.79 Å². The minimum Gasteiger partial charge on any atom is -0.399 e. The van der Waals surface area contributed by atoms with Gasteiger partial charge >= 0.3 is 0 Å². The molecule has 0 aliphatic rings. The van der Waals surface area contributed by atoms with Crippen LogP contribution in [0.25, 0.3) is 0 Å². The maximum absolute atomic E-state index is 12.3. The molecule has 1 unspecified atom stereocenters. The van der Waals surface area contributed by atoms with Gasteiger partial charge in [-0.2, -0.15) is 0 Å². The Morgan fingerprint density at radius 3 is 2.36 bits per heavy atom. The summed E-state index contributed by atoms with van der Waals surface area (Å²) in [4.78, 5) is 12.3. The van der Waals surface area contributed by atoms with Gasteiger partial charge in [0.25, 0.3) is 0 Å². The number of nitrogen functional groups attached to an aromatic ring is 1. The summed E-state index contributed by atoms with van der Waals surface area (Å²) in [7, 11) is 0. The minimum atomic E-state index is 0.0797. The third-order valence-electron chi connectivity index (χ3n) is 4.09. The van der Waals surface area contributed by atoms with Gasteiger partial charge in [0.2, 0.25) is 5.91 Å². The van der Waals surface area contributed by atoms with Crippen LogP contribution in [0, 0.1) is 11.3 Å². The summed E-state index contributed by atoms with van der Waals surface area (Å²) in [6, 6.07) is 7.97. The molecule has 0 radical (unpaired) electrons. The molecular weight excluding hydrogens is 272 g/mol. The van der Waals surface area contributed by atoms with Gasteiger partial charge in [-0.05, 0) is 42.2 Å². The average molecular weight is 304 g/mol. The summed E-state index contributed by atoms with van der Waals surface area (Å²) in [5.74, 6) is 0.776. The Kier molecular flexibility index (Phi) is 6.92. The number of nitrogens with one attached hydrogen (secondary N) is 1. The molecule has 1 rings (SSSR count). The molecule has 1 aromatic carbocycles. The zero-order valence-electron chi connectivity index (χ0n) is 14.8. The number of benzene rings is 1.